The van der Waals surface area contributed by atoms with Crippen LogP contribution in [0.1, 0.15) is 5.56 Å². The van der Waals surface area contributed by atoms with Gasteiger partial charge >= 0.3 is 0 Å². The molecular formula is C13H11BrN2O. The summed E-state index contributed by atoms with van der Waals surface area (Å²) in [6.45, 7) is 0. The molecule has 0 heterocycles. The molecule has 0 saturated heterocycles. The fourth-order valence-corrected chi connectivity index (χ4v) is 1.70. The second-order valence-corrected chi connectivity index (χ2v) is 4.35. The average molecular weight is 291 g/mol. The predicted octanol–water partition coefficient (Wildman–Crippen LogP) is 3.60. The lowest BCUT2D eigenvalue weighted by molar-refractivity contribution is 0.474. The largest absolute Gasteiger partial charge is 0.507 e. The lowest BCUT2D eigenvalue weighted by Gasteiger charge is -2.00. The van der Waals surface area contributed by atoms with Gasteiger partial charge in [0.2, 0.25) is 0 Å². The van der Waals surface area contributed by atoms with Gasteiger partial charge in [-0.3, -0.25) is 5.43 Å². The van der Waals surface area contributed by atoms with Gasteiger partial charge in [0, 0.05) is 10.0 Å². The first-order valence-electron chi connectivity index (χ1n) is 5.08. The van der Waals surface area contributed by atoms with Crippen LogP contribution in [0.15, 0.2) is 58.1 Å². The van der Waals surface area contributed by atoms with Crippen LogP contribution in [0.2, 0.25) is 0 Å². The Bertz CT molecular complexity index is 526. The molecule has 0 aliphatic carbocycles. The molecule has 3 nitrogen and oxygen atoms in total. The molecule has 0 radical (unpaired) electrons. The second kappa shape index (κ2) is 5.50. The molecule has 86 valence electrons. The van der Waals surface area contributed by atoms with Crippen LogP contribution in [-0.2, 0) is 0 Å². The Morgan fingerprint density at radius 3 is 2.65 bits per heavy atom. The third kappa shape index (κ3) is 3.32. The van der Waals surface area contributed by atoms with E-state index < -0.39 is 0 Å². The summed E-state index contributed by atoms with van der Waals surface area (Å²) < 4.78 is 0.900. The van der Waals surface area contributed by atoms with Crippen LogP contribution in [-0.4, -0.2) is 11.3 Å². The predicted molar refractivity (Wildman–Crippen MR) is 73.5 cm³/mol. The maximum atomic E-state index is 9.59. The molecule has 0 saturated carbocycles. The molecular weight excluding hydrogens is 280 g/mol. The summed E-state index contributed by atoms with van der Waals surface area (Å²) in [6, 6.07) is 14.8. The van der Waals surface area contributed by atoms with Crippen LogP contribution in [0, 0.1) is 0 Å². The summed E-state index contributed by atoms with van der Waals surface area (Å²) in [4.78, 5) is 0. The molecule has 0 aliphatic heterocycles. The molecule has 4 heteroatoms. The van der Waals surface area contributed by atoms with Gasteiger partial charge in [0.05, 0.1) is 11.9 Å². The van der Waals surface area contributed by atoms with Gasteiger partial charge < -0.3 is 5.11 Å². The Labute approximate surface area is 108 Å². The van der Waals surface area contributed by atoms with E-state index in [-0.39, 0.29) is 5.75 Å². The molecule has 0 amide bonds. The van der Waals surface area contributed by atoms with Crippen molar-refractivity contribution < 1.29 is 5.11 Å². The number of rotatable bonds is 3. The number of aromatic hydroxyl groups is 1. The van der Waals surface area contributed by atoms with E-state index in [2.05, 4.69) is 26.5 Å². The number of para-hydroxylation sites is 1. The second-order valence-electron chi connectivity index (χ2n) is 3.44. The summed E-state index contributed by atoms with van der Waals surface area (Å²) in [6.07, 6.45) is 1.58. The third-order valence-corrected chi connectivity index (χ3v) is 2.65. The van der Waals surface area contributed by atoms with Gasteiger partial charge in [-0.25, -0.2) is 0 Å². The third-order valence-electron chi connectivity index (χ3n) is 2.16. The highest BCUT2D eigenvalue weighted by Gasteiger charge is 1.98. The molecule has 17 heavy (non-hydrogen) atoms. The average Bonchev–Trinajstić information content (AvgIpc) is 2.35. The van der Waals surface area contributed by atoms with Gasteiger partial charge in [0.25, 0.3) is 0 Å². The number of hydrogen-bond donors (Lipinski definition) is 2. The minimum atomic E-state index is 0.201. The molecule has 0 aliphatic rings. The van der Waals surface area contributed by atoms with Gasteiger partial charge in [-0.2, -0.15) is 5.10 Å². The van der Waals surface area contributed by atoms with Crippen LogP contribution < -0.4 is 5.43 Å². The van der Waals surface area contributed by atoms with E-state index in [4.69, 9.17) is 0 Å². The summed E-state index contributed by atoms with van der Waals surface area (Å²) >= 11 is 3.34. The Morgan fingerprint density at radius 1 is 1.12 bits per heavy atom. The van der Waals surface area contributed by atoms with E-state index in [0.717, 1.165) is 10.2 Å². The number of benzene rings is 2. The first kappa shape index (κ1) is 11.7. The van der Waals surface area contributed by atoms with E-state index in [1.165, 1.54) is 0 Å². The lowest BCUT2D eigenvalue weighted by Crippen LogP contribution is -1.90. The van der Waals surface area contributed by atoms with E-state index in [9.17, 15) is 5.11 Å². The van der Waals surface area contributed by atoms with Crippen molar-refractivity contribution in [3.63, 3.8) is 0 Å². The SMILES string of the molecule is Oc1ccc(Br)cc1/C=N\Nc1ccccc1. The Balaban J connectivity index is 2.08. The lowest BCUT2D eigenvalue weighted by atomic mass is 10.2. The number of hydrazone groups is 1. The highest BCUT2D eigenvalue weighted by atomic mass is 79.9. The summed E-state index contributed by atoms with van der Waals surface area (Å²) in [7, 11) is 0. The number of phenols is 1. The molecule has 2 aromatic rings. The minimum Gasteiger partial charge on any atom is -0.507 e. The molecule has 0 unspecified atom stereocenters. The fraction of sp³-hybridized carbons (Fsp3) is 0. The first-order valence-corrected chi connectivity index (χ1v) is 5.87. The fourth-order valence-electron chi connectivity index (χ4n) is 1.32. The van der Waals surface area contributed by atoms with Gasteiger partial charge in [0.1, 0.15) is 5.75 Å². The maximum absolute atomic E-state index is 9.59. The molecule has 2 aromatic carbocycles. The molecule has 0 aromatic heterocycles. The minimum absolute atomic E-state index is 0.201. The van der Waals surface area contributed by atoms with Gasteiger partial charge in [0.15, 0.2) is 0 Å². The zero-order valence-electron chi connectivity index (χ0n) is 8.97. The van der Waals surface area contributed by atoms with Crippen molar-refractivity contribution in [2.45, 2.75) is 0 Å². The molecule has 0 spiro atoms. The number of nitrogens with zero attached hydrogens (tertiary/aromatic N) is 1. The standard InChI is InChI=1S/C13H11BrN2O/c14-11-6-7-13(17)10(8-11)9-15-16-12-4-2-1-3-5-12/h1-9,16-17H/b15-9-. The maximum Gasteiger partial charge on any atom is 0.124 e. The molecule has 2 rings (SSSR count). The van der Waals surface area contributed by atoms with Crippen molar-refractivity contribution in [2.75, 3.05) is 5.43 Å². The monoisotopic (exact) mass is 290 g/mol. The molecule has 0 bridgehead atoms. The van der Waals surface area contributed by atoms with Crippen LogP contribution in [0.25, 0.3) is 0 Å². The smallest absolute Gasteiger partial charge is 0.124 e. The number of halogens is 1. The van der Waals surface area contributed by atoms with Crippen LogP contribution in [0.3, 0.4) is 0 Å². The van der Waals surface area contributed by atoms with E-state index in [1.807, 2.05) is 30.3 Å². The topological polar surface area (TPSA) is 44.6 Å². The number of nitrogens with one attached hydrogen (secondary N) is 1. The van der Waals surface area contributed by atoms with Gasteiger partial charge in [-0.1, -0.05) is 34.1 Å². The van der Waals surface area contributed by atoms with Crippen molar-refractivity contribution in [1.29, 1.82) is 0 Å². The quantitative estimate of drug-likeness (QED) is 0.670. The summed E-state index contributed by atoms with van der Waals surface area (Å²) in [5.41, 5.74) is 4.44. The highest BCUT2D eigenvalue weighted by Crippen LogP contribution is 2.20. The Kier molecular flexibility index (Phi) is 3.77. The van der Waals surface area contributed by atoms with E-state index in [1.54, 1.807) is 24.4 Å². The summed E-state index contributed by atoms with van der Waals surface area (Å²) in [5, 5.41) is 13.7. The van der Waals surface area contributed by atoms with E-state index >= 15 is 0 Å². The number of phenolic OH excluding ortho intramolecular Hbond substituents is 1. The van der Waals surface area contributed by atoms with Gasteiger partial charge in [-0.05, 0) is 30.3 Å². The van der Waals surface area contributed by atoms with Crippen molar-refractivity contribution >= 4 is 27.8 Å². The van der Waals surface area contributed by atoms with E-state index in [0.29, 0.717) is 5.56 Å². The zero-order chi connectivity index (χ0) is 12.1. The Hall–Kier alpha value is -1.81. The van der Waals surface area contributed by atoms with Crippen LogP contribution in [0.5, 0.6) is 5.75 Å². The summed E-state index contributed by atoms with van der Waals surface area (Å²) in [5.74, 6) is 0.201. The molecule has 2 N–H and O–H groups in total. The normalized spacial score (nSPS) is 10.6. The van der Waals surface area contributed by atoms with Crippen LogP contribution in [0.4, 0.5) is 5.69 Å². The first-order chi connectivity index (χ1) is 8.25. The van der Waals surface area contributed by atoms with Crippen molar-refractivity contribution in [3.8, 4) is 5.75 Å². The van der Waals surface area contributed by atoms with Crippen molar-refractivity contribution in [1.82, 2.24) is 0 Å². The number of anilines is 1. The zero-order valence-corrected chi connectivity index (χ0v) is 10.6. The molecule has 0 fully saturated rings. The van der Waals surface area contributed by atoms with Crippen LogP contribution >= 0.6 is 15.9 Å². The van der Waals surface area contributed by atoms with Gasteiger partial charge in [-0.15, -0.1) is 0 Å². The van der Waals surface area contributed by atoms with Crippen molar-refractivity contribution in [2.24, 2.45) is 5.10 Å². The Morgan fingerprint density at radius 2 is 1.88 bits per heavy atom. The number of hydrogen-bond acceptors (Lipinski definition) is 3. The highest BCUT2D eigenvalue weighted by molar-refractivity contribution is 9.10. The van der Waals surface area contributed by atoms with Crippen molar-refractivity contribution in [3.05, 3.63) is 58.6 Å². The molecule has 0 atom stereocenters.